The molecule has 7 heteroatoms. The van der Waals surface area contributed by atoms with Gasteiger partial charge in [-0.3, -0.25) is 0 Å². The Bertz CT molecular complexity index is 516. The lowest BCUT2D eigenvalue weighted by Gasteiger charge is -2.03. The van der Waals surface area contributed by atoms with Crippen molar-refractivity contribution in [3.05, 3.63) is 40.6 Å². The summed E-state index contributed by atoms with van der Waals surface area (Å²) >= 11 is 11.7. The van der Waals surface area contributed by atoms with E-state index in [0.717, 1.165) is 0 Å². The normalized spacial score (nSPS) is 10.5. The maximum absolute atomic E-state index is 8.95. The molecule has 0 saturated heterocycles. The molecule has 82 valence electrons. The number of nitrogens with zero attached hydrogens (tertiary/aromatic N) is 2. The largest absolute Gasteiger partial charge is 0.491 e. The second-order valence-corrected chi connectivity index (χ2v) is 4.03. The molecule has 2 rings (SSSR count). The average molecular weight is 257 g/mol. The van der Waals surface area contributed by atoms with Gasteiger partial charge in [0.25, 0.3) is 0 Å². The van der Waals surface area contributed by atoms with Gasteiger partial charge in [0.1, 0.15) is 0 Å². The molecule has 0 radical (unpaired) electrons. The van der Waals surface area contributed by atoms with Gasteiger partial charge >= 0.3 is 7.12 Å². The van der Waals surface area contributed by atoms with Crippen LogP contribution in [-0.2, 0) is 0 Å². The third-order valence-corrected chi connectivity index (χ3v) is 2.60. The summed E-state index contributed by atoms with van der Waals surface area (Å²) in [6.45, 7) is 0. The van der Waals surface area contributed by atoms with E-state index in [1.54, 1.807) is 18.2 Å². The molecule has 0 spiro atoms. The second-order valence-electron chi connectivity index (χ2n) is 3.19. The highest BCUT2D eigenvalue weighted by Gasteiger charge is 2.14. The Balaban J connectivity index is 2.42. The summed E-state index contributed by atoms with van der Waals surface area (Å²) in [5.74, 6) is 0. The fourth-order valence-corrected chi connectivity index (χ4v) is 1.76. The summed E-state index contributed by atoms with van der Waals surface area (Å²) in [4.78, 5) is 0. The Hall–Kier alpha value is -1.01. The molecule has 0 saturated carbocycles. The van der Waals surface area contributed by atoms with Gasteiger partial charge in [-0.15, -0.1) is 0 Å². The molecule has 1 aromatic heterocycles. The van der Waals surface area contributed by atoms with Crippen LogP contribution in [0.15, 0.2) is 30.6 Å². The number of halogens is 2. The third kappa shape index (κ3) is 2.22. The highest BCUT2D eigenvalue weighted by atomic mass is 35.5. The minimum atomic E-state index is -1.54. The number of rotatable bonds is 2. The van der Waals surface area contributed by atoms with Crippen molar-refractivity contribution < 1.29 is 10.0 Å². The molecule has 2 N–H and O–H groups in total. The van der Waals surface area contributed by atoms with E-state index in [4.69, 9.17) is 33.2 Å². The van der Waals surface area contributed by atoms with Gasteiger partial charge in [0.05, 0.1) is 10.7 Å². The fourth-order valence-electron chi connectivity index (χ4n) is 1.27. The van der Waals surface area contributed by atoms with Crippen LogP contribution in [0.25, 0.3) is 5.69 Å². The fraction of sp³-hybridized carbons (Fsp3) is 0. The standard InChI is InChI=1S/C9H7BCl2N2O2/c11-7-1-2-9(8(12)3-7)14-5-6(4-13-14)10(15)16/h1-5,15-16H. The number of aromatic nitrogens is 2. The highest BCUT2D eigenvalue weighted by molar-refractivity contribution is 6.58. The van der Waals surface area contributed by atoms with Crippen molar-refractivity contribution >= 4 is 35.8 Å². The minimum Gasteiger partial charge on any atom is -0.423 e. The first-order chi connectivity index (χ1) is 7.58. The molecule has 0 bridgehead atoms. The molecule has 0 amide bonds. The molecule has 1 heterocycles. The number of hydrogen-bond donors (Lipinski definition) is 2. The summed E-state index contributed by atoms with van der Waals surface area (Å²) in [7, 11) is -1.54. The van der Waals surface area contributed by atoms with Crippen LogP contribution in [0.1, 0.15) is 0 Å². The van der Waals surface area contributed by atoms with Crippen molar-refractivity contribution in [2.75, 3.05) is 0 Å². The molecule has 0 fully saturated rings. The lowest BCUT2D eigenvalue weighted by molar-refractivity contribution is 0.426. The Kier molecular flexibility index (Phi) is 3.21. The molecule has 0 aliphatic rings. The van der Waals surface area contributed by atoms with Crippen LogP contribution < -0.4 is 5.46 Å². The van der Waals surface area contributed by atoms with Crippen LogP contribution in [0.2, 0.25) is 10.0 Å². The molecule has 2 aromatic rings. The third-order valence-electron chi connectivity index (χ3n) is 2.06. The second kappa shape index (κ2) is 4.47. The molecule has 16 heavy (non-hydrogen) atoms. The minimum absolute atomic E-state index is 0.297. The topological polar surface area (TPSA) is 58.3 Å². The molecule has 0 aliphatic heterocycles. The molecule has 0 atom stereocenters. The first kappa shape index (κ1) is 11.5. The summed E-state index contributed by atoms with van der Waals surface area (Å²) in [6.07, 6.45) is 2.84. The van der Waals surface area contributed by atoms with Gasteiger partial charge in [0.15, 0.2) is 0 Å². The van der Waals surface area contributed by atoms with Gasteiger partial charge in [-0.25, -0.2) is 4.68 Å². The van der Waals surface area contributed by atoms with E-state index >= 15 is 0 Å². The smallest absolute Gasteiger partial charge is 0.423 e. The quantitative estimate of drug-likeness (QED) is 0.784. The maximum Gasteiger partial charge on any atom is 0.491 e. The predicted octanol–water partition coefficient (Wildman–Crippen LogP) is 0.859. The average Bonchev–Trinajstić information content (AvgIpc) is 2.66. The Morgan fingerprint density at radius 1 is 1.25 bits per heavy atom. The van der Waals surface area contributed by atoms with Crippen LogP contribution in [0.4, 0.5) is 0 Å². The van der Waals surface area contributed by atoms with E-state index in [0.29, 0.717) is 21.2 Å². The lowest BCUT2D eigenvalue weighted by Crippen LogP contribution is -2.28. The Labute approximate surface area is 102 Å². The molecular formula is C9H7BCl2N2O2. The van der Waals surface area contributed by atoms with E-state index < -0.39 is 7.12 Å². The van der Waals surface area contributed by atoms with Gasteiger partial charge in [-0.1, -0.05) is 23.2 Å². The van der Waals surface area contributed by atoms with Crippen LogP contribution in [-0.4, -0.2) is 26.9 Å². The van der Waals surface area contributed by atoms with E-state index in [-0.39, 0.29) is 0 Å². The summed E-state index contributed by atoms with van der Waals surface area (Å²) in [5, 5.41) is 22.8. The highest BCUT2D eigenvalue weighted by Crippen LogP contribution is 2.23. The first-order valence-electron chi connectivity index (χ1n) is 4.44. The molecule has 0 aliphatic carbocycles. The summed E-state index contributed by atoms with van der Waals surface area (Å²) in [6, 6.07) is 4.97. The van der Waals surface area contributed by atoms with E-state index in [1.807, 2.05) is 0 Å². The van der Waals surface area contributed by atoms with Gasteiger partial charge in [-0.2, -0.15) is 5.10 Å². The lowest BCUT2D eigenvalue weighted by atomic mass is 9.83. The zero-order chi connectivity index (χ0) is 11.7. The van der Waals surface area contributed by atoms with Gasteiger partial charge in [-0.05, 0) is 18.2 Å². The molecule has 4 nitrogen and oxygen atoms in total. The van der Waals surface area contributed by atoms with Crippen molar-refractivity contribution in [3.8, 4) is 5.69 Å². The van der Waals surface area contributed by atoms with Crippen LogP contribution in [0.3, 0.4) is 0 Å². The van der Waals surface area contributed by atoms with Gasteiger partial charge < -0.3 is 10.0 Å². The zero-order valence-electron chi connectivity index (χ0n) is 8.01. The van der Waals surface area contributed by atoms with Crippen LogP contribution in [0, 0.1) is 0 Å². The Morgan fingerprint density at radius 3 is 2.56 bits per heavy atom. The van der Waals surface area contributed by atoms with E-state index in [1.165, 1.54) is 17.1 Å². The molecule has 1 aromatic carbocycles. The first-order valence-corrected chi connectivity index (χ1v) is 5.19. The summed E-state index contributed by atoms with van der Waals surface area (Å²) in [5.41, 5.74) is 0.920. The van der Waals surface area contributed by atoms with E-state index in [2.05, 4.69) is 5.10 Å². The van der Waals surface area contributed by atoms with Crippen LogP contribution in [0.5, 0.6) is 0 Å². The van der Waals surface area contributed by atoms with Crippen molar-refractivity contribution in [1.29, 1.82) is 0 Å². The SMILES string of the molecule is OB(O)c1cnn(-c2ccc(Cl)cc2Cl)c1. The van der Waals surface area contributed by atoms with Gasteiger partial charge in [0.2, 0.25) is 0 Å². The van der Waals surface area contributed by atoms with Crippen molar-refractivity contribution in [2.45, 2.75) is 0 Å². The Morgan fingerprint density at radius 2 is 2.00 bits per heavy atom. The molecular weight excluding hydrogens is 250 g/mol. The number of hydrogen-bond acceptors (Lipinski definition) is 3. The van der Waals surface area contributed by atoms with Crippen molar-refractivity contribution in [1.82, 2.24) is 9.78 Å². The van der Waals surface area contributed by atoms with Gasteiger partial charge in [0, 0.05) is 22.9 Å². The maximum atomic E-state index is 8.95. The summed E-state index contributed by atoms with van der Waals surface area (Å²) < 4.78 is 1.45. The van der Waals surface area contributed by atoms with E-state index in [9.17, 15) is 0 Å². The van der Waals surface area contributed by atoms with Crippen molar-refractivity contribution in [2.24, 2.45) is 0 Å². The predicted molar refractivity (Wildman–Crippen MR) is 63.4 cm³/mol. The molecule has 0 unspecified atom stereocenters. The zero-order valence-corrected chi connectivity index (χ0v) is 9.52. The van der Waals surface area contributed by atoms with Crippen LogP contribution >= 0.6 is 23.2 Å². The monoisotopic (exact) mass is 256 g/mol. The number of benzene rings is 1. The van der Waals surface area contributed by atoms with Crippen molar-refractivity contribution in [3.63, 3.8) is 0 Å².